The average Bonchev–Trinajstić information content (AvgIpc) is 2.98. The normalized spacial score (nSPS) is 19.8. The largest absolute Gasteiger partial charge is 0.461 e. The Morgan fingerprint density at radius 1 is 1.05 bits per heavy atom. The summed E-state index contributed by atoms with van der Waals surface area (Å²) in [5, 5.41) is 2.92. The quantitative estimate of drug-likeness (QED) is 0.309. The molecule has 2 amide bonds. The zero-order chi connectivity index (χ0) is 28.5. The smallest absolute Gasteiger partial charge is 0.306 e. The second kappa shape index (κ2) is 13.7. The van der Waals surface area contributed by atoms with Crippen LogP contribution in [0.3, 0.4) is 0 Å². The van der Waals surface area contributed by atoms with Crippen molar-refractivity contribution in [2.45, 2.75) is 69.7 Å². The third-order valence-corrected chi connectivity index (χ3v) is 7.94. The molecule has 1 unspecified atom stereocenters. The lowest BCUT2D eigenvalue weighted by molar-refractivity contribution is -0.161. The number of benzene rings is 2. The topological polar surface area (TPSA) is 122 Å². The highest BCUT2D eigenvalue weighted by molar-refractivity contribution is 6.00. The second-order valence-corrected chi connectivity index (χ2v) is 10.7. The maximum atomic E-state index is 13.6. The SMILES string of the molecule is CCCN1C(=O)[C@H](C(N)CCCC(=O)OCc2ccccc2)NC(=O)C12CCN(CC(=O)c1ccccc1)CC2. The molecule has 0 saturated carbocycles. The fourth-order valence-corrected chi connectivity index (χ4v) is 5.63. The number of carbonyl (C=O) groups excluding carboxylic acids is 4. The van der Waals surface area contributed by atoms with Crippen LogP contribution in [0.15, 0.2) is 60.7 Å². The van der Waals surface area contributed by atoms with Crippen LogP contribution in [0, 0.1) is 0 Å². The predicted octanol–water partition coefficient (Wildman–Crippen LogP) is 2.68. The molecular weight excluding hydrogens is 508 g/mol. The molecule has 0 aliphatic carbocycles. The highest BCUT2D eigenvalue weighted by Crippen LogP contribution is 2.34. The van der Waals surface area contributed by atoms with E-state index in [9.17, 15) is 19.2 Å². The van der Waals surface area contributed by atoms with Crippen LogP contribution < -0.4 is 11.1 Å². The molecule has 9 heteroatoms. The van der Waals surface area contributed by atoms with Crippen molar-refractivity contribution in [2.24, 2.45) is 5.73 Å². The minimum absolute atomic E-state index is 0.0427. The summed E-state index contributed by atoms with van der Waals surface area (Å²) in [6.45, 7) is 4.03. The van der Waals surface area contributed by atoms with Gasteiger partial charge in [0.25, 0.3) is 0 Å². The first-order chi connectivity index (χ1) is 19.3. The van der Waals surface area contributed by atoms with Crippen molar-refractivity contribution in [3.8, 4) is 0 Å². The first-order valence-electron chi connectivity index (χ1n) is 14.2. The van der Waals surface area contributed by atoms with Gasteiger partial charge in [-0.1, -0.05) is 67.6 Å². The summed E-state index contributed by atoms with van der Waals surface area (Å²) in [6, 6.07) is 17.2. The van der Waals surface area contributed by atoms with E-state index in [2.05, 4.69) is 10.2 Å². The van der Waals surface area contributed by atoms with Crippen LogP contribution in [0.5, 0.6) is 0 Å². The third kappa shape index (κ3) is 6.95. The monoisotopic (exact) mass is 548 g/mol. The van der Waals surface area contributed by atoms with E-state index >= 15 is 0 Å². The number of hydrogen-bond donors (Lipinski definition) is 2. The van der Waals surface area contributed by atoms with Gasteiger partial charge < -0.3 is 20.7 Å². The Labute approximate surface area is 236 Å². The lowest BCUT2D eigenvalue weighted by Gasteiger charge is -2.52. The molecule has 0 radical (unpaired) electrons. The number of piperazine rings is 1. The maximum absolute atomic E-state index is 13.6. The Morgan fingerprint density at radius 3 is 2.35 bits per heavy atom. The number of likely N-dealkylation sites (tertiary alicyclic amines) is 1. The predicted molar refractivity (Wildman–Crippen MR) is 151 cm³/mol. The number of rotatable bonds is 12. The van der Waals surface area contributed by atoms with Crippen molar-refractivity contribution in [2.75, 3.05) is 26.2 Å². The number of piperidine rings is 1. The number of nitrogens with one attached hydrogen (secondary N) is 1. The van der Waals surface area contributed by atoms with Crippen molar-refractivity contribution in [3.63, 3.8) is 0 Å². The van der Waals surface area contributed by atoms with Crippen LogP contribution >= 0.6 is 0 Å². The molecule has 2 saturated heterocycles. The number of esters is 1. The van der Waals surface area contributed by atoms with Gasteiger partial charge in [0.1, 0.15) is 18.2 Å². The molecule has 2 atom stereocenters. The van der Waals surface area contributed by atoms with E-state index in [0.717, 1.165) is 5.56 Å². The standard InChI is InChI=1S/C31H40N4O5/c1-2-18-35-29(38)28(25(32)14-9-15-27(37)40-22-23-10-5-3-6-11-23)33-30(39)31(35)16-19-34(20-17-31)21-26(36)24-12-7-4-8-13-24/h3-8,10-13,25,28H,2,9,14-22,32H2,1H3,(H,33,39)/t25?,28-/m0/s1. The van der Waals surface area contributed by atoms with Gasteiger partial charge in [0, 0.05) is 37.7 Å². The molecule has 2 aliphatic heterocycles. The number of nitrogens with two attached hydrogens (primary N) is 1. The number of ketones is 1. The number of nitrogens with zero attached hydrogens (tertiary/aromatic N) is 2. The Bertz CT molecular complexity index is 1160. The van der Waals surface area contributed by atoms with E-state index in [4.69, 9.17) is 10.5 Å². The van der Waals surface area contributed by atoms with Crippen LogP contribution in [0.4, 0.5) is 0 Å². The zero-order valence-electron chi connectivity index (χ0n) is 23.2. The van der Waals surface area contributed by atoms with Gasteiger partial charge in [0.2, 0.25) is 11.8 Å². The van der Waals surface area contributed by atoms with E-state index in [0.29, 0.717) is 57.3 Å². The summed E-state index contributed by atoms with van der Waals surface area (Å²) in [5.41, 5.74) is 7.05. The third-order valence-electron chi connectivity index (χ3n) is 7.94. The Kier molecular flexibility index (Phi) is 10.1. The lowest BCUT2D eigenvalue weighted by Crippen LogP contribution is -2.75. The maximum Gasteiger partial charge on any atom is 0.306 e. The molecule has 9 nitrogen and oxygen atoms in total. The van der Waals surface area contributed by atoms with Gasteiger partial charge in [-0.15, -0.1) is 0 Å². The molecule has 2 aliphatic rings. The molecule has 0 bridgehead atoms. The van der Waals surface area contributed by atoms with Crippen LogP contribution in [0.25, 0.3) is 0 Å². The van der Waals surface area contributed by atoms with Crippen LogP contribution in [-0.2, 0) is 25.7 Å². The summed E-state index contributed by atoms with van der Waals surface area (Å²) in [6.07, 6.45) is 2.68. The fourth-order valence-electron chi connectivity index (χ4n) is 5.63. The van der Waals surface area contributed by atoms with Crippen molar-refractivity contribution in [3.05, 3.63) is 71.8 Å². The molecule has 3 N–H and O–H groups in total. The van der Waals surface area contributed by atoms with Gasteiger partial charge in [-0.05, 0) is 37.7 Å². The van der Waals surface area contributed by atoms with Gasteiger partial charge in [0.05, 0.1) is 6.54 Å². The molecule has 4 rings (SSSR count). The van der Waals surface area contributed by atoms with E-state index in [1.807, 2.05) is 55.5 Å². The summed E-state index contributed by atoms with van der Waals surface area (Å²) in [4.78, 5) is 55.8. The number of carbonyl (C=O) groups is 4. The minimum Gasteiger partial charge on any atom is -0.461 e. The molecule has 0 aromatic heterocycles. The lowest BCUT2D eigenvalue weighted by atomic mass is 9.80. The molecule has 40 heavy (non-hydrogen) atoms. The van der Waals surface area contributed by atoms with Crippen molar-refractivity contribution in [1.29, 1.82) is 0 Å². The molecule has 1 spiro atoms. The molecular formula is C31H40N4O5. The van der Waals surface area contributed by atoms with Gasteiger partial charge in [-0.25, -0.2) is 0 Å². The zero-order valence-corrected chi connectivity index (χ0v) is 23.2. The Balaban J connectivity index is 1.30. The van der Waals surface area contributed by atoms with Gasteiger partial charge in [-0.2, -0.15) is 0 Å². The Morgan fingerprint density at radius 2 is 1.70 bits per heavy atom. The van der Waals surface area contributed by atoms with E-state index in [1.54, 1.807) is 17.0 Å². The average molecular weight is 549 g/mol. The first kappa shape index (κ1) is 29.4. The van der Waals surface area contributed by atoms with Crippen molar-refractivity contribution >= 4 is 23.6 Å². The molecule has 2 aromatic carbocycles. The Hall–Kier alpha value is -3.56. The second-order valence-electron chi connectivity index (χ2n) is 10.7. The van der Waals surface area contributed by atoms with Gasteiger partial charge >= 0.3 is 5.97 Å². The highest BCUT2D eigenvalue weighted by Gasteiger charge is 2.54. The summed E-state index contributed by atoms with van der Waals surface area (Å²) in [5.74, 6) is -0.632. The van der Waals surface area contributed by atoms with E-state index in [1.165, 1.54) is 0 Å². The van der Waals surface area contributed by atoms with E-state index in [-0.39, 0.29) is 43.1 Å². The van der Waals surface area contributed by atoms with E-state index < -0.39 is 17.6 Å². The van der Waals surface area contributed by atoms with Crippen LogP contribution in [0.1, 0.15) is 61.4 Å². The first-order valence-corrected chi connectivity index (χ1v) is 14.2. The number of hydrogen-bond acceptors (Lipinski definition) is 7. The number of ether oxygens (including phenoxy) is 1. The molecule has 2 aromatic rings. The molecule has 2 fully saturated rings. The minimum atomic E-state index is -0.934. The van der Waals surface area contributed by atoms with Gasteiger partial charge in [0.15, 0.2) is 5.78 Å². The molecule has 214 valence electrons. The van der Waals surface area contributed by atoms with Crippen molar-refractivity contribution < 1.29 is 23.9 Å². The summed E-state index contributed by atoms with van der Waals surface area (Å²) in [7, 11) is 0. The highest BCUT2D eigenvalue weighted by atomic mass is 16.5. The van der Waals surface area contributed by atoms with Crippen molar-refractivity contribution in [1.82, 2.24) is 15.1 Å². The van der Waals surface area contributed by atoms with Gasteiger partial charge in [-0.3, -0.25) is 24.1 Å². The summed E-state index contributed by atoms with van der Waals surface area (Å²) < 4.78 is 5.33. The molecule has 2 heterocycles. The number of amides is 2. The number of Topliss-reactive ketones (excluding diaryl/α,β-unsaturated/α-hetero) is 1. The van der Waals surface area contributed by atoms with Crippen LogP contribution in [0.2, 0.25) is 0 Å². The fraction of sp³-hybridized carbons (Fsp3) is 0.484. The van der Waals surface area contributed by atoms with Crippen LogP contribution in [-0.4, -0.2) is 77.2 Å². The summed E-state index contributed by atoms with van der Waals surface area (Å²) >= 11 is 0.